The summed E-state index contributed by atoms with van der Waals surface area (Å²) in [6.45, 7) is 6.71. The van der Waals surface area contributed by atoms with Crippen LogP contribution in [-0.4, -0.2) is 35.1 Å². The predicted molar refractivity (Wildman–Crippen MR) is 142 cm³/mol. The van der Waals surface area contributed by atoms with Crippen LogP contribution in [0.2, 0.25) is 20.1 Å². The third-order valence-corrected chi connectivity index (χ3v) is 7.22. The largest absolute Gasteiger partial charge is 0.354 e. The number of carbonyl (C=O) groups excluding carboxylic acids is 2. The zero-order valence-corrected chi connectivity index (χ0v) is 22.7. The molecule has 0 aliphatic rings. The van der Waals surface area contributed by atoms with E-state index >= 15 is 0 Å². The first kappa shape index (κ1) is 28.1. The van der Waals surface area contributed by atoms with Crippen LogP contribution in [0.25, 0.3) is 0 Å². The Morgan fingerprint density at radius 1 is 1.00 bits per heavy atom. The molecular formula is C24H28Cl4N2O2S. The van der Waals surface area contributed by atoms with Crippen molar-refractivity contribution >= 4 is 70.0 Å². The molecule has 0 spiro atoms. The molecule has 0 saturated carbocycles. The Balaban J connectivity index is 2.17. The van der Waals surface area contributed by atoms with E-state index in [1.165, 1.54) is 11.8 Å². The molecule has 2 amide bonds. The van der Waals surface area contributed by atoms with Gasteiger partial charge in [-0.1, -0.05) is 79.3 Å². The lowest BCUT2D eigenvalue weighted by atomic mass is 10.1. The van der Waals surface area contributed by atoms with Crippen molar-refractivity contribution in [2.45, 2.75) is 45.5 Å². The third-order valence-electron chi connectivity index (χ3n) is 4.90. The molecule has 1 atom stereocenters. The van der Waals surface area contributed by atoms with Gasteiger partial charge < -0.3 is 10.2 Å². The Bertz CT molecular complexity index is 971. The van der Waals surface area contributed by atoms with Gasteiger partial charge in [0.1, 0.15) is 6.04 Å². The van der Waals surface area contributed by atoms with E-state index in [2.05, 4.69) is 5.32 Å². The molecule has 0 radical (unpaired) electrons. The summed E-state index contributed by atoms with van der Waals surface area (Å²) in [4.78, 5) is 27.8. The molecule has 0 saturated heterocycles. The highest BCUT2D eigenvalue weighted by Crippen LogP contribution is 2.26. The summed E-state index contributed by atoms with van der Waals surface area (Å²) in [5.41, 5.74) is 1.70. The fourth-order valence-electron chi connectivity index (χ4n) is 3.14. The van der Waals surface area contributed by atoms with Crippen LogP contribution in [-0.2, 0) is 21.9 Å². The Kier molecular flexibility index (Phi) is 11.7. The van der Waals surface area contributed by atoms with E-state index in [9.17, 15) is 9.59 Å². The summed E-state index contributed by atoms with van der Waals surface area (Å²) in [7, 11) is 0. The van der Waals surface area contributed by atoms with E-state index < -0.39 is 6.04 Å². The lowest BCUT2D eigenvalue weighted by molar-refractivity contribution is -0.139. The van der Waals surface area contributed by atoms with Crippen molar-refractivity contribution < 1.29 is 9.59 Å². The number of halogens is 4. The second-order valence-electron chi connectivity index (χ2n) is 8.06. The molecule has 9 heteroatoms. The molecule has 180 valence electrons. The molecule has 1 N–H and O–H groups in total. The Morgan fingerprint density at radius 2 is 1.73 bits per heavy atom. The average molecular weight is 550 g/mol. The normalized spacial score (nSPS) is 12.0. The van der Waals surface area contributed by atoms with E-state index in [-0.39, 0.29) is 24.1 Å². The Morgan fingerprint density at radius 3 is 2.33 bits per heavy atom. The average Bonchev–Trinajstić information content (AvgIpc) is 2.76. The summed E-state index contributed by atoms with van der Waals surface area (Å²) in [5, 5.41) is 4.90. The monoisotopic (exact) mass is 548 g/mol. The van der Waals surface area contributed by atoms with Gasteiger partial charge in [0.25, 0.3) is 0 Å². The Labute approximate surface area is 220 Å². The minimum absolute atomic E-state index is 0.141. The van der Waals surface area contributed by atoms with Gasteiger partial charge in [-0.15, -0.1) is 11.8 Å². The lowest BCUT2D eigenvalue weighted by Crippen LogP contribution is -2.50. The van der Waals surface area contributed by atoms with Crippen molar-refractivity contribution in [2.24, 2.45) is 5.92 Å². The van der Waals surface area contributed by atoms with Gasteiger partial charge in [0.05, 0.1) is 15.8 Å². The van der Waals surface area contributed by atoms with Gasteiger partial charge in [-0.25, -0.2) is 0 Å². The first-order valence-corrected chi connectivity index (χ1v) is 13.3. The molecule has 4 nitrogen and oxygen atoms in total. The third kappa shape index (κ3) is 8.88. The van der Waals surface area contributed by atoms with Crippen molar-refractivity contribution in [1.29, 1.82) is 0 Å². The lowest BCUT2D eigenvalue weighted by Gasteiger charge is -2.31. The first-order chi connectivity index (χ1) is 15.6. The number of benzene rings is 2. The van der Waals surface area contributed by atoms with E-state index in [1.54, 1.807) is 35.2 Å². The second kappa shape index (κ2) is 13.7. The maximum atomic E-state index is 13.3. The fraction of sp³-hybridized carbons (Fsp3) is 0.417. The van der Waals surface area contributed by atoms with Crippen LogP contribution in [0.5, 0.6) is 0 Å². The van der Waals surface area contributed by atoms with Gasteiger partial charge in [0, 0.05) is 28.9 Å². The van der Waals surface area contributed by atoms with Crippen LogP contribution >= 0.6 is 58.2 Å². The van der Waals surface area contributed by atoms with Crippen molar-refractivity contribution in [3.8, 4) is 0 Å². The summed E-state index contributed by atoms with van der Waals surface area (Å²) in [6, 6.07) is 9.96. The van der Waals surface area contributed by atoms with Crippen molar-refractivity contribution in [1.82, 2.24) is 10.2 Å². The number of hydrogen-bond donors (Lipinski definition) is 1. The van der Waals surface area contributed by atoms with Crippen molar-refractivity contribution in [3.63, 3.8) is 0 Å². The maximum absolute atomic E-state index is 13.3. The predicted octanol–water partition coefficient (Wildman–Crippen LogP) is 7.11. The SMILES string of the molecule is CC[C@H](C(=O)NCC(C)C)N(Cc1ccc(Cl)cc1Cl)C(=O)CSCc1ccc(Cl)c(Cl)c1. The molecule has 0 aliphatic heterocycles. The molecule has 0 heterocycles. The van der Waals surface area contributed by atoms with Gasteiger partial charge in [0.15, 0.2) is 0 Å². The summed E-state index contributed by atoms with van der Waals surface area (Å²) < 4.78 is 0. The zero-order chi connectivity index (χ0) is 24.5. The second-order valence-corrected chi connectivity index (χ2v) is 10.7. The number of nitrogens with zero attached hydrogens (tertiary/aromatic N) is 1. The van der Waals surface area contributed by atoms with Crippen LogP contribution in [0.4, 0.5) is 0 Å². The number of hydrogen-bond acceptors (Lipinski definition) is 3. The molecule has 0 aliphatic carbocycles. The Hall–Kier alpha value is -1.11. The van der Waals surface area contributed by atoms with Crippen molar-refractivity contribution in [2.75, 3.05) is 12.3 Å². The molecular weight excluding hydrogens is 522 g/mol. The summed E-state index contributed by atoms with van der Waals surface area (Å²) >= 11 is 25.9. The quantitative estimate of drug-likeness (QED) is 0.325. The van der Waals surface area contributed by atoms with Gasteiger partial charge in [-0.2, -0.15) is 0 Å². The van der Waals surface area contributed by atoms with E-state index in [0.29, 0.717) is 44.7 Å². The zero-order valence-electron chi connectivity index (χ0n) is 18.8. The maximum Gasteiger partial charge on any atom is 0.242 e. The number of nitrogens with one attached hydrogen (secondary N) is 1. The van der Waals surface area contributed by atoms with Crippen molar-refractivity contribution in [3.05, 3.63) is 67.6 Å². The van der Waals surface area contributed by atoms with Crippen LogP contribution in [0.15, 0.2) is 36.4 Å². The highest BCUT2D eigenvalue weighted by Gasteiger charge is 2.29. The van der Waals surface area contributed by atoms with E-state index in [4.69, 9.17) is 46.4 Å². The highest BCUT2D eigenvalue weighted by molar-refractivity contribution is 7.99. The van der Waals surface area contributed by atoms with Crippen LogP contribution in [0.3, 0.4) is 0 Å². The molecule has 33 heavy (non-hydrogen) atoms. The summed E-state index contributed by atoms with van der Waals surface area (Å²) in [5.74, 6) is 0.799. The molecule has 2 aromatic carbocycles. The minimum atomic E-state index is -0.603. The van der Waals surface area contributed by atoms with E-state index in [1.807, 2.05) is 26.8 Å². The molecule has 0 fully saturated rings. The van der Waals surface area contributed by atoms with E-state index in [0.717, 1.165) is 11.1 Å². The first-order valence-electron chi connectivity index (χ1n) is 10.6. The summed E-state index contributed by atoms with van der Waals surface area (Å²) in [6.07, 6.45) is 0.484. The highest BCUT2D eigenvalue weighted by atomic mass is 35.5. The van der Waals surface area contributed by atoms with Gasteiger partial charge >= 0.3 is 0 Å². The van der Waals surface area contributed by atoms with Gasteiger partial charge in [-0.3, -0.25) is 9.59 Å². The van der Waals surface area contributed by atoms with Crippen LogP contribution in [0, 0.1) is 5.92 Å². The standard InChI is InChI=1S/C24H28Cl4N2O2S/c1-4-22(24(32)29-11-15(2)3)30(12-17-6-7-18(25)10-20(17)27)23(31)14-33-13-16-5-8-19(26)21(28)9-16/h5-10,15,22H,4,11-14H2,1-3H3,(H,29,32)/t22-/m1/s1. The van der Waals surface area contributed by atoms with Crippen LogP contribution in [0.1, 0.15) is 38.3 Å². The van der Waals surface area contributed by atoms with Gasteiger partial charge in [-0.05, 0) is 47.7 Å². The fourth-order valence-corrected chi connectivity index (χ4v) is 4.79. The number of thioether (sulfide) groups is 1. The number of rotatable bonds is 11. The molecule has 2 rings (SSSR count). The molecule has 0 bridgehead atoms. The minimum Gasteiger partial charge on any atom is -0.354 e. The molecule has 2 aromatic rings. The topological polar surface area (TPSA) is 49.4 Å². The molecule has 0 aromatic heterocycles. The molecule has 0 unspecified atom stereocenters. The van der Waals surface area contributed by atoms with Gasteiger partial charge in [0.2, 0.25) is 11.8 Å². The number of amides is 2. The van der Waals surface area contributed by atoms with Crippen LogP contribution < -0.4 is 5.32 Å². The number of carbonyl (C=O) groups is 2. The smallest absolute Gasteiger partial charge is 0.242 e.